The largest absolute Gasteiger partial charge is 0.484 e. The maximum Gasteiger partial charge on any atom is 0.258 e. The van der Waals surface area contributed by atoms with Crippen LogP contribution >= 0.6 is 23.2 Å². The predicted octanol–water partition coefficient (Wildman–Crippen LogP) is 4.57. The van der Waals surface area contributed by atoms with Crippen molar-refractivity contribution in [3.05, 3.63) is 63.6 Å². The van der Waals surface area contributed by atoms with E-state index in [1.54, 1.807) is 18.2 Å². The molecule has 0 unspecified atom stereocenters. The quantitative estimate of drug-likeness (QED) is 0.878. The number of benzene rings is 2. The van der Waals surface area contributed by atoms with Crippen molar-refractivity contribution in [2.45, 2.75) is 25.3 Å². The third-order valence-corrected chi connectivity index (χ3v) is 4.35. The summed E-state index contributed by atoms with van der Waals surface area (Å²) >= 11 is 11.8. The molecule has 1 amide bonds. The molecule has 120 valence electrons. The lowest BCUT2D eigenvalue weighted by Crippen LogP contribution is -2.34. The first-order valence-corrected chi connectivity index (χ1v) is 8.33. The van der Waals surface area contributed by atoms with Gasteiger partial charge in [-0.1, -0.05) is 47.5 Å². The van der Waals surface area contributed by atoms with Crippen LogP contribution in [0.25, 0.3) is 0 Å². The number of halogens is 2. The molecule has 1 aliphatic carbocycles. The number of aryl methyl sites for hydroxylation is 1. The Morgan fingerprint density at radius 3 is 2.70 bits per heavy atom. The van der Waals surface area contributed by atoms with Crippen LogP contribution in [0.15, 0.2) is 42.5 Å². The highest BCUT2D eigenvalue weighted by atomic mass is 35.5. The van der Waals surface area contributed by atoms with Crippen LogP contribution in [-0.4, -0.2) is 12.5 Å². The Morgan fingerprint density at radius 2 is 1.91 bits per heavy atom. The van der Waals surface area contributed by atoms with E-state index in [0.717, 1.165) is 19.3 Å². The van der Waals surface area contributed by atoms with Gasteiger partial charge in [-0.15, -0.1) is 0 Å². The minimum absolute atomic E-state index is 0.0546. The first-order chi connectivity index (χ1) is 11.1. The first-order valence-electron chi connectivity index (χ1n) is 7.58. The van der Waals surface area contributed by atoms with Crippen LogP contribution in [0.3, 0.4) is 0 Å². The van der Waals surface area contributed by atoms with Crippen LogP contribution in [-0.2, 0) is 11.2 Å². The zero-order valence-corrected chi connectivity index (χ0v) is 14.0. The number of hydrogen-bond acceptors (Lipinski definition) is 2. The average Bonchev–Trinajstić information content (AvgIpc) is 2.52. The van der Waals surface area contributed by atoms with Gasteiger partial charge >= 0.3 is 0 Å². The van der Waals surface area contributed by atoms with Gasteiger partial charge in [-0.2, -0.15) is 0 Å². The van der Waals surface area contributed by atoms with Crippen molar-refractivity contribution in [1.29, 1.82) is 0 Å². The van der Waals surface area contributed by atoms with E-state index in [4.69, 9.17) is 27.9 Å². The molecule has 0 saturated heterocycles. The number of fused-ring (bicyclic) bond motifs is 1. The maximum absolute atomic E-state index is 12.2. The van der Waals surface area contributed by atoms with Gasteiger partial charge in [-0.05, 0) is 48.6 Å². The summed E-state index contributed by atoms with van der Waals surface area (Å²) in [5.41, 5.74) is 2.52. The van der Waals surface area contributed by atoms with Crippen molar-refractivity contribution in [3.8, 4) is 5.75 Å². The van der Waals surface area contributed by atoms with Gasteiger partial charge in [0.15, 0.2) is 6.61 Å². The van der Waals surface area contributed by atoms with E-state index in [2.05, 4.69) is 17.4 Å². The molecule has 0 fully saturated rings. The molecule has 3 rings (SSSR count). The molecule has 5 heteroatoms. The number of nitrogens with one attached hydrogen (secondary N) is 1. The summed E-state index contributed by atoms with van der Waals surface area (Å²) < 4.78 is 5.48. The number of rotatable bonds is 4. The molecule has 0 aromatic heterocycles. The van der Waals surface area contributed by atoms with Crippen LogP contribution < -0.4 is 10.1 Å². The SMILES string of the molecule is O=C(COc1cc(Cl)cc(Cl)c1)N[C@@H]1CCCc2ccccc21. The van der Waals surface area contributed by atoms with Crippen molar-refractivity contribution in [2.75, 3.05) is 6.61 Å². The number of carbonyl (C=O) groups is 1. The summed E-state index contributed by atoms with van der Waals surface area (Å²) in [5.74, 6) is 0.337. The van der Waals surface area contributed by atoms with Crippen molar-refractivity contribution in [3.63, 3.8) is 0 Å². The summed E-state index contributed by atoms with van der Waals surface area (Å²) in [7, 11) is 0. The smallest absolute Gasteiger partial charge is 0.258 e. The van der Waals surface area contributed by atoms with Crippen LogP contribution in [0, 0.1) is 0 Å². The van der Waals surface area contributed by atoms with Gasteiger partial charge < -0.3 is 10.1 Å². The van der Waals surface area contributed by atoms with E-state index in [1.807, 2.05) is 12.1 Å². The molecule has 2 aromatic rings. The summed E-state index contributed by atoms with van der Waals surface area (Å²) in [6, 6.07) is 13.2. The summed E-state index contributed by atoms with van der Waals surface area (Å²) in [6.07, 6.45) is 3.10. The summed E-state index contributed by atoms with van der Waals surface area (Å²) in [6.45, 7) is -0.0602. The van der Waals surface area contributed by atoms with Gasteiger partial charge in [0.25, 0.3) is 5.91 Å². The van der Waals surface area contributed by atoms with E-state index >= 15 is 0 Å². The first kappa shape index (κ1) is 16.2. The molecule has 0 radical (unpaired) electrons. The molecule has 23 heavy (non-hydrogen) atoms. The molecule has 0 heterocycles. The van der Waals surface area contributed by atoms with Crippen LogP contribution in [0.4, 0.5) is 0 Å². The minimum atomic E-state index is -0.150. The highest BCUT2D eigenvalue weighted by Crippen LogP contribution is 2.29. The normalized spacial score (nSPS) is 16.5. The Balaban J connectivity index is 1.60. The topological polar surface area (TPSA) is 38.3 Å². The maximum atomic E-state index is 12.2. The third kappa shape index (κ3) is 4.18. The van der Waals surface area contributed by atoms with Gasteiger partial charge in [0, 0.05) is 10.0 Å². The molecule has 0 spiro atoms. The van der Waals surface area contributed by atoms with E-state index in [1.165, 1.54) is 11.1 Å². The highest BCUT2D eigenvalue weighted by molar-refractivity contribution is 6.34. The Hall–Kier alpha value is -1.71. The van der Waals surface area contributed by atoms with E-state index in [0.29, 0.717) is 15.8 Å². The summed E-state index contributed by atoms with van der Waals surface area (Å²) in [5, 5.41) is 4.01. The molecular weight excluding hydrogens is 333 g/mol. The zero-order chi connectivity index (χ0) is 16.2. The fourth-order valence-electron chi connectivity index (χ4n) is 2.90. The second kappa shape index (κ2) is 7.24. The Bertz CT molecular complexity index is 698. The van der Waals surface area contributed by atoms with E-state index in [9.17, 15) is 4.79 Å². The minimum Gasteiger partial charge on any atom is -0.484 e. The molecule has 1 atom stereocenters. The standard InChI is InChI=1S/C18H17Cl2NO2/c19-13-8-14(20)10-15(9-13)23-11-18(22)21-17-7-3-5-12-4-1-2-6-16(12)17/h1-2,4,6,8-10,17H,3,5,7,11H2,(H,21,22)/t17-/m1/s1. The van der Waals surface area contributed by atoms with Crippen molar-refractivity contribution < 1.29 is 9.53 Å². The lowest BCUT2D eigenvalue weighted by atomic mass is 9.88. The third-order valence-electron chi connectivity index (χ3n) is 3.91. The van der Waals surface area contributed by atoms with E-state index in [-0.39, 0.29) is 18.6 Å². The molecule has 0 aliphatic heterocycles. The van der Waals surface area contributed by atoms with E-state index < -0.39 is 0 Å². The molecular formula is C18H17Cl2NO2. The molecule has 0 saturated carbocycles. The lowest BCUT2D eigenvalue weighted by molar-refractivity contribution is -0.123. The summed E-state index contributed by atoms with van der Waals surface area (Å²) in [4.78, 5) is 12.2. The number of amides is 1. The van der Waals surface area contributed by atoms with Gasteiger partial charge in [-0.25, -0.2) is 0 Å². The lowest BCUT2D eigenvalue weighted by Gasteiger charge is -2.26. The monoisotopic (exact) mass is 349 g/mol. The second-order valence-corrected chi connectivity index (χ2v) is 6.48. The molecule has 0 bridgehead atoms. The molecule has 3 nitrogen and oxygen atoms in total. The highest BCUT2D eigenvalue weighted by Gasteiger charge is 2.21. The number of carbonyl (C=O) groups excluding carboxylic acids is 1. The fraction of sp³-hybridized carbons (Fsp3) is 0.278. The Labute approximate surface area is 145 Å². The fourth-order valence-corrected chi connectivity index (χ4v) is 3.41. The van der Waals surface area contributed by atoms with Crippen molar-refractivity contribution >= 4 is 29.1 Å². The second-order valence-electron chi connectivity index (χ2n) is 5.60. The van der Waals surface area contributed by atoms with Crippen LogP contribution in [0.5, 0.6) is 5.75 Å². The Morgan fingerprint density at radius 1 is 1.17 bits per heavy atom. The van der Waals surface area contributed by atoms with Crippen LogP contribution in [0.2, 0.25) is 10.0 Å². The molecule has 1 N–H and O–H groups in total. The predicted molar refractivity (Wildman–Crippen MR) is 92.2 cm³/mol. The Kier molecular flexibility index (Phi) is 5.09. The van der Waals surface area contributed by atoms with Crippen LogP contribution in [0.1, 0.15) is 30.0 Å². The van der Waals surface area contributed by atoms with Gasteiger partial charge in [0.2, 0.25) is 0 Å². The van der Waals surface area contributed by atoms with Gasteiger partial charge in [0.05, 0.1) is 6.04 Å². The van der Waals surface area contributed by atoms with Crippen molar-refractivity contribution in [1.82, 2.24) is 5.32 Å². The number of hydrogen-bond donors (Lipinski definition) is 1. The molecule has 1 aliphatic rings. The zero-order valence-electron chi connectivity index (χ0n) is 12.5. The van der Waals surface area contributed by atoms with Gasteiger partial charge in [-0.3, -0.25) is 4.79 Å². The molecule has 2 aromatic carbocycles. The van der Waals surface area contributed by atoms with Crippen molar-refractivity contribution in [2.24, 2.45) is 0 Å². The number of ether oxygens (including phenoxy) is 1. The average molecular weight is 350 g/mol. The van der Waals surface area contributed by atoms with Gasteiger partial charge in [0.1, 0.15) is 5.75 Å².